The average molecular weight is 279 g/mol. The molecule has 6 nitrogen and oxygen atoms in total. The minimum Gasteiger partial charge on any atom is -0.354 e. The van der Waals surface area contributed by atoms with Gasteiger partial charge in [0.25, 0.3) is 0 Å². The molecular formula is C12H17N5OS. The molecule has 0 aliphatic rings. The Hall–Kier alpha value is -1.76. The zero-order valence-corrected chi connectivity index (χ0v) is 11.9. The molecule has 2 rings (SSSR count). The second-order valence-electron chi connectivity index (χ2n) is 4.65. The Bertz CT molecular complexity index is 520. The van der Waals surface area contributed by atoms with Crippen LogP contribution >= 0.6 is 11.3 Å². The third-order valence-corrected chi connectivity index (χ3v) is 3.39. The smallest absolute Gasteiger partial charge is 0.243 e. The van der Waals surface area contributed by atoms with Gasteiger partial charge in [-0.15, -0.1) is 21.5 Å². The number of amides is 1. The van der Waals surface area contributed by atoms with Crippen LogP contribution < -0.4 is 5.32 Å². The number of thiophene rings is 1. The Labute approximate surface area is 115 Å². The fourth-order valence-electron chi connectivity index (χ4n) is 1.50. The fraction of sp³-hybridized carbons (Fsp3) is 0.500. The van der Waals surface area contributed by atoms with Gasteiger partial charge in [0.05, 0.1) is 4.88 Å². The Balaban J connectivity index is 1.84. The van der Waals surface area contributed by atoms with Crippen molar-refractivity contribution in [3.8, 4) is 10.7 Å². The molecule has 0 aliphatic heterocycles. The molecule has 2 aromatic rings. The largest absolute Gasteiger partial charge is 0.354 e. The van der Waals surface area contributed by atoms with E-state index in [2.05, 4.69) is 34.6 Å². The van der Waals surface area contributed by atoms with Gasteiger partial charge in [-0.1, -0.05) is 19.9 Å². The molecule has 2 heterocycles. The van der Waals surface area contributed by atoms with E-state index in [1.54, 1.807) is 11.3 Å². The molecule has 0 unspecified atom stereocenters. The first-order valence-electron chi connectivity index (χ1n) is 6.23. The Kier molecular flexibility index (Phi) is 4.62. The summed E-state index contributed by atoms with van der Waals surface area (Å²) < 4.78 is 0. The number of nitrogens with zero attached hydrogens (tertiary/aromatic N) is 4. The van der Waals surface area contributed by atoms with Crippen molar-refractivity contribution < 1.29 is 4.79 Å². The Morgan fingerprint density at radius 2 is 2.37 bits per heavy atom. The van der Waals surface area contributed by atoms with Crippen LogP contribution in [-0.2, 0) is 11.3 Å². The molecule has 102 valence electrons. The molecule has 0 aromatic carbocycles. The van der Waals surface area contributed by atoms with E-state index in [9.17, 15) is 4.79 Å². The van der Waals surface area contributed by atoms with Crippen molar-refractivity contribution in [2.45, 2.75) is 26.8 Å². The summed E-state index contributed by atoms with van der Waals surface area (Å²) in [5.41, 5.74) is 0. The normalized spacial score (nSPS) is 10.9. The molecule has 0 fully saturated rings. The molecule has 0 aliphatic carbocycles. The molecule has 0 atom stereocenters. The standard InChI is InChI=1S/C12H17N5OS/c1-9(2)5-6-13-11(18)8-17-15-12(14-16-17)10-4-3-7-19-10/h3-4,7,9H,5-6,8H2,1-2H3,(H,13,18). The van der Waals surface area contributed by atoms with Crippen molar-refractivity contribution in [1.29, 1.82) is 0 Å². The van der Waals surface area contributed by atoms with Gasteiger partial charge in [0.15, 0.2) is 0 Å². The van der Waals surface area contributed by atoms with Gasteiger partial charge in [-0.3, -0.25) is 4.79 Å². The van der Waals surface area contributed by atoms with Crippen LogP contribution in [-0.4, -0.2) is 32.7 Å². The summed E-state index contributed by atoms with van der Waals surface area (Å²) in [4.78, 5) is 13.9. The van der Waals surface area contributed by atoms with Crippen molar-refractivity contribution in [2.24, 2.45) is 5.92 Å². The fourth-order valence-corrected chi connectivity index (χ4v) is 2.15. The van der Waals surface area contributed by atoms with E-state index in [1.807, 2.05) is 17.5 Å². The first-order chi connectivity index (χ1) is 9.15. The topological polar surface area (TPSA) is 72.7 Å². The molecule has 1 amide bonds. The maximum absolute atomic E-state index is 11.7. The van der Waals surface area contributed by atoms with E-state index in [0.717, 1.165) is 11.3 Å². The number of aromatic nitrogens is 4. The van der Waals surface area contributed by atoms with E-state index in [-0.39, 0.29) is 12.5 Å². The second kappa shape index (κ2) is 6.42. The number of carbonyl (C=O) groups excluding carboxylic acids is 1. The van der Waals surface area contributed by atoms with Crippen molar-refractivity contribution in [2.75, 3.05) is 6.54 Å². The van der Waals surface area contributed by atoms with Gasteiger partial charge in [-0.05, 0) is 29.0 Å². The first kappa shape index (κ1) is 13.7. The lowest BCUT2D eigenvalue weighted by Crippen LogP contribution is -2.29. The Morgan fingerprint density at radius 3 is 3.05 bits per heavy atom. The third-order valence-electron chi connectivity index (χ3n) is 2.52. The zero-order chi connectivity index (χ0) is 13.7. The SMILES string of the molecule is CC(C)CCNC(=O)Cn1nnc(-c2cccs2)n1. The van der Waals surface area contributed by atoms with Crippen molar-refractivity contribution >= 4 is 17.2 Å². The Morgan fingerprint density at radius 1 is 1.53 bits per heavy atom. The van der Waals surface area contributed by atoms with Crippen molar-refractivity contribution in [3.63, 3.8) is 0 Å². The maximum atomic E-state index is 11.7. The van der Waals surface area contributed by atoms with Gasteiger partial charge in [0, 0.05) is 6.54 Å². The second-order valence-corrected chi connectivity index (χ2v) is 5.60. The molecule has 2 aromatic heterocycles. The highest BCUT2D eigenvalue weighted by Crippen LogP contribution is 2.19. The van der Waals surface area contributed by atoms with Crippen molar-refractivity contribution in [1.82, 2.24) is 25.5 Å². The zero-order valence-electron chi connectivity index (χ0n) is 11.0. The number of hydrogen-bond donors (Lipinski definition) is 1. The van der Waals surface area contributed by atoms with Crippen LogP contribution in [0.4, 0.5) is 0 Å². The summed E-state index contributed by atoms with van der Waals surface area (Å²) in [5, 5.41) is 16.8. The lowest BCUT2D eigenvalue weighted by molar-refractivity contribution is -0.122. The molecule has 0 saturated heterocycles. The summed E-state index contributed by atoms with van der Waals surface area (Å²) in [6.45, 7) is 5.04. The van der Waals surface area contributed by atoms with Crippen LogP contribution in [0.15, 0.2) is 17.5 Å². The maximum Gasteiger partial charge on any atom is 0.243 e. The monoisotopic (exact) mass is 279 g/mol. The van der Waals surface area contributed by atoms with Crippen LogP contribution in [0.3, 0.4) is 0 Å². The molecule has 1 N–H and O–H groups in total. The van der Waals surface area contributed by atoms with Crippen LogP contribution in [0.25, 0.3) is 10.7 Å². The predicted octanol–water partition coefficient (Wildman–Crippen LogP) is 1.56. The van der Waals surface area contributed by atoms with Crippen molar-refractivity contribution in [3.05, 3.63) is 17.5 Å². The van der Waals surface area contributed by atoms with Crippen LogP contribution in [0.1, 0.15) is 20.3 Å². The highest BCUT2D eigenvalue weighted by Gasteiger charge is 2.09. The molecule has 7 heteroatoms. The van der Waals surface area contributed by atoms with Gasteiger partial charge in [0.2, 0.25) is 11.7 Å². The van der Waals surface area contributed by atoms with Gasteiger partial charge < -0.3 is 5.32 Å². The summed E-state index contributed by atoms with van der Waals surface area (Å²) >= 11 is 1.55. The quantitative estimate of drug-likeness (QED) is 0.871. The van der Waals surface area contributed by atoms with E-state index >= 15 is 0 Å². The summed E-state index contributed by atoms with van der Waals surface area (Å²) in [6, 6.07) is 3.86. The van der Waals surface area contributed by atoms with Crippen LogP contribution in [0.5, 0.6) is 0 Å². The average Bonchev–Trinajstić information content (AvgIpc) is 2.97. The predicted molar refractivity (Wildman–Crippen MR) is 73.6 cm³/mol. The first-order valence-corrected chi connectivity index (χ1v) is 7.11. The summed E-state index contributed by atoms with van der Waals surface area (Å²) in [6.07, 6.45) is 0.969. The summed E-state index contributed by atoms with van der Waals surface area (Å²) in [5.74, 6) is 1.05. The lowest BCUT2D eigenvalue weighted by Gasteiger charge is -2.06. The highest BCUT2D eigenvalue weighted by molar-refractivity contribution is 7.13. The minimum atomic E-state index is -0.0872. The third kappa shape index (κ3) is 4.13. The van der Waals surface area contributed by atoms with Crippen LogP contribution in [0.2, 0.25) is 0 Å². The number of hydrogen-bond acceptors (Lipinski definition) is 5. The molecule has 0 radical (unpaired) electrons. The number of carbonyl (C=O) groups is 1. The molecule has 0 spiro atoms. The highest BCUT2D eigenvalue weighted by atomic mass is 32.1. The van der Waals surface area contributed by atoms with E-state index in [0.29, 0.717) is 18.3 Å². The molecule has 0 bridgehead atoms. The lowest BCUT2D eigenvalue weighted by atomic mass is 10.1. The number of nitrogens with one attached hydrogen (secondary N) is 1. The number of tetrazole rings is 1. The van der Waals surface area contributed by atoms with E-state index in [1.165, 1.54) is 4.80 Å². The van der Waals surface area contributed by atoms with E-state index in [4.69, 9.17) is 0 Å². The van der Waals surface area contributed by atoms with Gasteiger partial charge in [-0.2, -0.15) is 4.80 Å². The summed E-state index contributed by atoms with van der Waals surface area (Å²) in [7, 11) is 0. The molecule has 19 heavy (non-hydrogen) atoms. The molecule has 0 saturated carbocycles. The molecular weight excluding hydrogens is 262 g/mol. The van der Waals surface area contributed by atoms with Gasteiger partial charge >= 0.3 is 0 Å². The minimum absolute atomic E-state index is 0.0872. The van der Waals surface area contributed by atoms with Crippen LogP contribution in [0, 0.1) is 5.92 Å². The van der Waals surface area contributed by atoms with E-state index < -0.39 is 0 Å². The van der Waals surface area contributed by atoms with Gasteiger partial charge in [0.1, 0.15) is 6.54 Å². The number of rotatable bonds is 6. The van der Waals surface area contributed by atoms with Gasteiger partial charge in [-0.25, -0.2) is 0 Å².